The number of alkyl carbamates (subject to hydrolysis) is 1. The third kappa shape index (κ3) is 8.45. The van der Waals surface area contributed by atoms with E-state index in [1.807, 2.05) is 79.8 Å². The predicted molar refractivity (Wildman–Crippen MR) is 158 cm³/mol. The minimum atomic E-state index is -0.633. The molecule has 1 unspecified atom stereocenters. The molecule has 1 N–H and O–H groups in total. The Morgan fingerprint density at radius 2 is 1.79 bits per heavy atom. The summed E-state index contributed by atoms with van der Waals surface area (Å²) in [5.74, 6) is 6.77. The van der Waals surface area contributed by atoms with Gasteiger partial charge in [0, 0.05) is 28.1 Å². The SMILES string of the molecule is CC(C)C#Cc1c(CC(C)NC(=O)OC(C)(C)C)sc2c(N(Cc3cccs3)C(=O)OC(C)(C)C)snc12. The number of carbonyl (C=O) groups excluding carboxylic acids is 2. The van der Waals surface area contributed by atoms with Crippen molar-refractivity contribution < 1.29 is 19.1 Å². The number of nitrogens with zero attached hydrogens (tertiary/aromatic N) is 2. The zero-order chi connectivity index (χ0) is 28.3. The van der Waals surface area contributed by atoms with Gasteiger partial charge in [0.2, 0.25) is 0 Å². The highest BCUT2D eigenvalue weighted by Gasteiger charge is 2.29. The first kappa shape index (κ1) is 29.9. The lowest BCUT2D eigenvalue weighted by atomic mass is 10.1. The van der Waals surface area contributed by atoms with Crippen LogP contribution >= 0.6 is 34.2 Å². The van der Waals surface area contributed by atoms with Gasteiger partial charge in [-0.15, -0.1) is 22.7 Å². The van der Waals surface area contributed by atoms with E-state index in [-0.39, 0.29) is 12.0 Å². The molecule has 3 heterocycles. The molecule has 7 nitrogen and oxygen atoms in total. The average Bonchev–Trinajstić information content (AvgIpc) is 3.45. The van der Waals surface area contributed by atoms with Gasteiger partial charge < -0.3 is 14.8 Å². The highest BCUT2D eigenvalue weighted by Crippen LogP contribution is 2.42. The van der Waals surface area contributed by atoms with Gasteiger partial charge >= 0.3 is 12.2 Å². The van der Waals surface area contributed by atoms with Crippen LogP contribution in [0, 0.1) is 17.8 Å². The van der Waals surface area contributed by atoms with Gasteiger partial charge in [0.15, 0.2) is 0 Å². The monoisotopic (exact) mass is 575 g/mol. The molecule has 3 aromatic heterocycles. The van der Waals surface area contributed by atoms with Gasteiger partial charge in [0.05, 0.1) is 16.8 Å². The van der Waals surface area contributed by atoms with Gasteiger partial charge in [-0.05, 0) is 71.4 Å². The maximum absolute atomic E-state index is 13.3. The summed E-state index contributed by atoms with van der Waals surface area (Å²) in [7, 11) is 0. The van der Waals surface area contributed by atoms with Crippen molar-refractivity contribution in [3.63, 3.8) is 0 Å². The molecule has 3 aromatic rings. The van der Waals surface area contributed by atoms with E-state index in [9.17, 15) is 9.59 Å². The number of carbonyl (C=O) groups is 2. The van der Waals surface area contributed by atoms with Crippen LogP contribution < -0.4 is 10.2 Å². The highest BCUT2D eigenvalue weighted by atomic mass is 32.1. The molecule has 38 heavy (non-hydrogen) atoms. The summed E-state index contributed by atoms with van der Waals surface area (Å²) in [6, 6.07) is 3.79. The van der Waals surface area contributed by atoms with E-state index in [0.717, 1.165) is 30.5 Å². The highest BCUT2D eigenvalue weighted by molar-refractivity contribution is 7.25. The van der Waals surface area contributed by atoms with E-state index in [1.54, 1.807) is 27.6 Å². The molecule has 0 fully saturated rings. The maximum atomic E-state index is 13.3. The second kappa shape index (κ2) is 12.1. The predicted octanol–water partition coefficient (Wildman–Crippen LogP) is 7.82. The Morgan fingerprint density at radius 3 is 2.37 bits per heavy atom. The van der Waals surface area contributed by atoms with Gasteiger partial charge in [-0.2, -0.15) is 4.37 Å². The molecule has 10 heteroatoms. The quantitative estimate of drug-likeness (QED) is 0.303. The molecular weight excluding hydrogens is 539 g/mol. The lowest BCUT2D eigenvalue weighted by molar-refractivity contribution is 0.0507. The Hall–Kier alpha value is -2.61. The van der Waals surface area contributed by atoms with Crippen LogP contribution in [-0.2, 0) is 22.4 Å². The van der Waals surface area contributed by atoms with Crippen molar-refractivity contribution in [2.45, 2.75) is 92.5 Å². The van der Waals surface area contributed by atoms with Crippen molar-refractivity contribution in [3.8, 4) is 11.8 Å². The number of hydrogen-bond acceptors (Lipinski definition) is 8. The largest absolute Gasteiger partial charge is 0.444 e. The molecule has 0 saturated carbocycles. The summed E-state index contributed by atoms with van der Waals surface area (Å²) >= 11 is 4.43. The van der Waals surface area contributed by atoms with Crippen LogP contribution in [0.15, 0.2) is 17.5 Å². The van der Waals surface area contributed by atoms with Crippen molar-refractivity contribution in [3.05, 3.63) is 32.8 Å². The molecule has 0 saturated heterocycles. The number of hydrogen-bond donors (Lipinski definition) is 1. The van der Waals surface area contributed by atoms with Gasteiger partial charge in [-0.1, -0.05) is 31.8 Å². The Kier molecular flexibility index (Phi) is 9.50. The van der Waals surface area contributed by atoms with Crippen LogP contribution in [0.1, 0.15) is 77.6 Å². The first-order valence-electron chi connectivity index (χ1n) is 12.6. The lowest BCUT2D eigenvalue weighted by Gasteiger charge is -2.26. The van der Waals surface area contributed by atoms with Gasteiger partial charge in [0.25, 0.3) is 0 Å². The number of ether oxygens (including phenoxy) is 2. The molecule has 0 aliphatic heterocycles. The van der Waals surface area contributed by atoms with Gasteiger partial charge in [-0.25, -0.2) is 9.59 Å². The molecule has 1 atom stereocenters. The van der Waals surface area contributed by atoms with E-state index in [0.29, 0.717) is 13.0 Å². The molecule has 0 aliphatic carbocycles. The lowest BCUT2D eigenvalue weighted by Crippen LogP contribution is -2.38. The van der Waals surface area contributed by atoms with Crippen LogP contribution in [0.4, 0.5) is 14.6 Å². The molecule has 0 spiro atoms. The molecular formula is C28H37N3O4S3. The van der Waals surface area contributed by atoms with E-state index in [2.05, 4.69) is 17.2 Å². The number of aromatic nitrogens is 1. The van der Waals surface area contributed by atoms with Crippen molar-refractivity contribution >= 4 is 61.6 Å². The van der Waals surface area contributed by atoms with E-state index < -0.39 is 23.4 Å². The standard InChI is InChI=1S/C28H37N3O4S3/c1-17(2)12-13-20-21(15-18(3)29-25(32)34-27(4,5)6)37-23-22(20)30-38-24(23)31(16-19-11-10-14-36-19)26(33)35-28(7,8)9/h10-11,14,17-18H,15-16H2,1-9H3,(H,29,32). The Bertz CT molecular complexity index is 1320. The zero-order valence-corrected chi connectivity index (χ0v) is 26.0. The topological polar surface area (TPSA) is 80.8 Å². The molecule has 0 aromatic carbocycles. The molecule has 206 valence electrons. The zero-order valence-electron chi connectivity index (χ0n) is 23.6. The fraction of sp³-hybridized carbons (Fsp3) is 0.536. The number of fused-ring (bicyclic) bond motifs is 1. The third-order valence-corrected chi connectivity index (χ3v) is 7.94. The first-order chi connectivity index (χ1) is 17.6. The summed E-state index contributed by atoms with van der Waals surface area (Å²) in [6.45, 7) is 17.5. The Morgan fingerprint density at radius 1 is 1.11 bits per heavy atom. The number of nitrogens with one attached hydrogen (secondary N) is 1. The number of amides is 2. The molecule has 3 rings (SSSR count). The summed E-state index contributed by atoms with van der Waals surface area (Å²) in [5.41, 5.74) is 0.420. The summed E-state index contributed by atoms with van der Waals surface area (Å²) in [4.78, 5) is 29.4. The molecule has 2 amide bonds. The van der Waals surface area contributed by atoms with Gasteiger partial charge in [-0.3, -0.25) is 4.90 Å². The normalized spacial score (nSPS) is 12.7. The number of rotatable bonds is 6. The molecule has 0 bridgehead atoms. The number of thiophene rings is 2. The Balaban J connectivity index is 2.01. The van der Waals surface area contributed by atoms with E-state index >= 15 is 0 Å². The van der Waals surface area contributed by atoms with Crippen molar-refractivity contribution in [1.82, 2.24) is 9.69 Å². The second-order valence-electron chi connectivity index (χ2n) is 11.4. The second-order valence-corrected chi connectivity index (χ2v) is 14.3. The van der Waals surface area contributed by atoms with Crippen molar-refractivity contribution in [1.29, 1.82) is 0 Å². The fourth-order valence-electron chi connectivity index (χ4n) is 3.42. The van der Waals surface area contributed by atoms with Crippen molar-refractivity contribution in [2.24, 2.45) is 5.92 Å². The number of anilines is 1. The average molecular weight is 576 g/mol. The van der Waals surface area contributed by atoms with Crippen LogP contribution in [-0.4, -0.2) is 33.8 Å². The Labute approximate surface area is 237 Å². The van der Waals surface area contributed by atoms with Crippen LogP contribution in [0.3, 0.4) is 0 Å². The minimum absolute atomic E-state index is 0.185. The first-order valence-corrected chi connectivity index (χ1v) is 15.0. The molecule has 0 aliphatic rings. The maximum Gasteiger partial charge on any atom is 0.415 e. The fourth-order valence-corrected chi connectivity index (χ4v) is 6.46. The van der Waals surface area contributed by atoms with Crippen LogP contribution in [0.5, 0.6) is 0 Å². The molecule has 0 radical (unpaired) electrons. The van der Waals surface area contributed by atoms with Gasteiger partial charge in [0.1, 0.15) is 21.7 Å². The van der Waals surface area contributed by atoms with E-state index in [1.165, 1.54) is 11.5 Å². The summed E-state index contributed by atoms with van der Waals surface area (Å²) in [6.07, 6.45) is -0.311. The smallest absolute Gasteiger partial charge is 0.415 e. The third-order valence-electron chi connectivity index (χ3n) is 4.87. The van der Waals surface area contributed by atoms with Crippen LogP contribution in [0.25, 0.3) is 10.2 Å². The summed E-state index contributed by atoms with van der Waals surface area (Å²) < 4.78 is 16.8. The minimum Gasteiger partial charge on any atom is -0.444 e. The van der Waals surface area contributed by atoms with Crippen molar-refractivity contribution in [2.75, 3.05) is 4.90 Å². The van der Waals surface area contributed by atoms with E-state index in [4.69, 9.17) is 13.8 Å². The summed E-state index contributed by atoms with van der Waals surface area (Å²) in [5, 5.41) is 5.65. The van der Waals surface area contributed by atoms with Crippen LogP contribution in [0.2, 0.25) is 0 Å².